The van der Waals surface area contributed by atoms with E-state index in [-0.39, 0.29) is 0 Å². The van der Waals surface area contributed by atoms with Crippen LogP contribution in [0, 0.1) is 0 Å². The minimum absolute atomic E-state index is 0.352. The highest BCUT2D eigenvalue weighted by atomic mass is 19.2. The Balaban J connectivity index is 4.27. The van der Waals surface area contributed by atoms with E-state index >= 15 is 0 Å². The van der Waals surface area contributed by atoms with Gasteiger partial charge in [0.05, 0.1) is 0 Å². The zero-order chi connectivity index (χ0) is 7.44. The van der Waals surface area contributed by atoms with Crippen molar-refractivity contribution in [3.63, 3.8) is 0 Å². The highest BCUT2D eigenvalue weighted by molar-refractivity contribution is 5.73. The molecule has 0 saturated carbocycles. The Morgan fingerprint density at radius 3 is 2.11 bits per heavy atom. The third kappa shape index (κ3) is 2.26. The Bertz CT molecular complexity index is 140. The average molecular weight is 131 g/mol. The standard InChI is InChI=1S/C6H10FNO/c1-5(4-9)6(2)8(3)7/h4H,1-3H3/b6-5-. The third-order valence-corrected chi connectivity index (χ3v) is 1.21. The molecule has 9 heavy (non-hydrogen) atoms. The summed E-state index contributed by atoms with van der Waals surface area (Å²) in [6, 6.07) is 0. The summed E-state index contributed by atoms with van der Waals surface area (Å²) in [6.45, 7) is 3.11. The van der Waals surface area contributed by atoms with Gasteiger partial charge in [0.1, 0.15) is 6.29 Å². The van der Waals surface area contributed by atoms with E-state index in [2.05, 4.69) is 0 Å². The summed E-state index contributed by atoms with van der Waals surface area (Å²) in [5.41, 5.74) is 0.769. The third-order valence-electron chi connectivity index (χ3n) is 1.21. The monoisotopic (exact) mass is 131 g/mol. The number of hydrogen-bond donors (Lipinski definition) is 0. The fraction of sp³-hybridized carbons (Fsp3) is 0.500. The lowest BCUT2D eigenvalue weighted by Gasteiger charge is -2.07. The molecule has 0 unspecified atom stereocenters. The van der Waals surface area contributed by atoms with Gasteiger partial charge in [-0.3, -0.25) is 4.79 Å². The summed E-state index contributed by atoms with van der Waals surface area (Å²) in [7, 11) is 1.25. The lowest BCUT2D eigenvalue weighted by Crippen LogP contribution is -2.05. The molecule has 0 fully saturated rings. The van der Waals surface area contributed by atoms with E-state index in [1.54, 1.807) is 13.8 Å². The van der Waals surface area contributed by atoms with Crippen LogP contribution in [-0.2, 0) is 4.79 Å². The highest BCUT2D eigenvalue weighted by Gasteiger charge is 1.98. The van der Waals surface area contributed by atoms with E-state index in [9.17, 15) is 9.28 Å². The Morgan fingerprint density at radius 2 is 2.00 bits per heavy atom. The van der Waals surface area contributed by atoms with Crippen LogP contribution >= 0.6 is 0 Å². The number of halogens is 1. The first-order chi connectivity index (χ1) is 4.09. The molecule has 0 amide bonds. The predicted molar refractivity (Wildman–Crippen MR) is 33.3 cm³/mol. The van der Waals surface area contributed by atoms with Crippen molar-refractivity contribution < 1.29 is 9.28 Å². The maximum Gasteiger partial charge on any atom is 0.147 e. The first kappa shape index (κ1) is 8.14. The second-order valence-electron chi connectivity index (χ2n) is 1.86. The number of carbonyl (C=O) groups is 1. The van der Waals surface area contributed by atoms with E-state index in [4.69, 9.17) is 0 Å². The number of allylic oxidation sites excluding steroid dienone is 2. The molecular weight excluding hydrogens is 121 g/mol. The quantitative estimate of drug-likeness (QED) is 0.320. The normalized spacial score (nSPS) is 12.4. The maximum atomic E-state index is 12.1. The van der Waals surface area contributed by atoms with Crippen LogP contribution in [-0.4, -0.2) is 18.5 Å². The fourth-order valence-electron chi connectivity index (χ4n) is 0.328. The highest BCUT2D eigenvalue weighted by Crippen LogP contribution is 2.04. The van der Waals surface area contributed by atoms with Crippen LogP contribution in [0.4, 0.5) is 4.48 Å². The van der Waals surface area contributed by atoms with Crippen LogP contribution in [0.5, 0.6) is 0 Å². The van der Waals surface area contributed by atoms with Crippen molar-refractivity contribution in [1.29, 1.82) is 0 Å². The summed E-state index contributed by atoms with van der Waals surface area (Å²) in [5, 5.41) is 0.420. The maximum absolute atomic E-state index is 12.1. The Labute approximate surface area is 53.9 Å². The smallest absolute Gasteiger partial charge is 0.147 e. The van der Waals surface area contributed by atoms with Crippen LogP contribution < -0.4 is 0 Å². The van der Waals surface area contributed by atoms with Gasteiger partial charge in [-0.15, -0.1) is 4.48 Å². The topological polar surface area (TPSA) is 20.3 Å². The summed E-state index contributed by atoms with van der Waals surface area (Å²) in [5.74, 6) is 0. The van der Waals surface area contributed by atoms with Crippen LogP contribution in [0.3, 0.4) is 0 Å². The molecule has 0 radical (unpaired) electrons. The van der Waals surface area contributed by atoms with Gasteiger partial charge in [0.25, 0.3) is 0 Å². The van der Waals surface area contributed by atoms with Gasteiger partial charge in [-0.25, -0.2) is 5.12 Å². The van der Waals surface area contributed by atoms with Gasteiger partial charge < -0.3 is 0 Å². The first-order valence-corrected chi connectivity index (χ1v) is 2.61. The molecule has 0 N–H and O–H groups in total. The molecule has 0 aliphatic heterocycles. The summed E-state index contributed by atoms with van der Waals surface area (Å²) in [4.78, 5) is 10.00. The SMILES string of the molecule is C/C(C=O)=C(\C)N(C)F. The minimum Gasteiger partial charge on any atom is -0.298 e. The Hall–Kier alpha value is -0.860. The van der Waals surface area contributed by atoms with E-state index in [1.807, 2.05) is 0 Å². The number of rotatable bonds is 2. The van der Waals surface area contributed by atoms with Gasteiger partial charge in [-0.1, -0.05) is 0 Å². The van der Waals surface area contributed by atoms with E-state index < -0.39 is 0 Å². The summed E-state index contributed by atoms with van der Waals surface area (Å²) < 4.78 is 12.1. The molecule has 0 spiro atoms. The van der Waals surface area contributed by atoms with Gasteiger partial charge in [0.15, 0.2) is 0 Å². The molecule has 0 aliphatic carbocycles. The van der Waals surface area contributed by atoms with Crippen molar-refractivity contribution in [2.45, 2.75) is 13.8 Å². The van der Waals surface area contributed by atoms with Gasteiger partial charge in [-0.05, 0) is 13.8 Å². The van der Waals surface area contributed by atoms with Crippen molar-refractivity contribution >= 4 is 6.29 Å². The van der Waals surface area contributed by atoms with Crippen LogP contribution in [0.15, 0.2) is 11.3 Å². The number of carbonyl (C=O) groups excluding carboxylic acids is 1. The van der Waals surface area contributed by atoms with Crippen molar-refractivity contribution in [2.75, 3.05) is 7.05 Å². The van der Waals surface area contributed by atoms with Crippen LogP contribution in [0.2, 0.25) is 0 Å². The molecule has 0 saturated heterocycles. The first-order valence-electron chi connectivity index (χ1n) is 2.61. The molecule has 52 valence electrons. The molecule has 0 aromatic carbocycles. The molecule has 2 nitrogen and oxygen atoms in total. The Kier molecular flexibility index (Phi) is 2.91. The molecule has 0 aromatic rings. The molecule has 0 heterocycles. The van der Waals surface area contributed by atoms with Crippen molar-refractivity contribution in [3.8, 4) is 0 Å². The second-order valence-corrected chi connectivity index (χ2v) is 1.86. The largest absolute Gasteiger partial charge is 0.298 e. The lowest BCUT2D eigenvalue weighted by molar-refractivity contribution is -0.105. The van der Waals surface area contributed by atoms with Crippen LogP contribution in [0.1, 0.15) is 13.8 Å². The average Bonchev–Trinajstić information content (AvgIpc) is 1.84. The molecule has 0 rings (SSSR count). The number of hydrogen-bond acceptors (Lipinski definition) is 2. The van der Waals surface area contributed by atoms with E-state index in [0.29, 0.717) is 22.7 Å². The lowest BCUT2D eigenvalue weighted by atomic mass is 10.3. The molecule has 3 heteroatoms. The van der Waals surface area contributed by atoms with Gasteiger partial charge in [0.2, 0.25) is 0 Å². The molecule has 0 aromatic heterocycles. The van der Waals surface area contributed by atoms with Crippen molar-refractivity contribution in [1.82, 2.24) is 5.12 Å². The van der Waals surface area contributed by atoms with Crippen LogP contribution in [0.25, 0.3) is 0 Å². The van der Waals surface area contributed by atoms with E-state index in [1.165, 1.54) is 7.05 Å². The second kappa shape index (κ2) is 3.22. The number of nitrogens with zero attached hydrogens (tertiary/aromatic N) is 1. The zero-order valence-corrected chi connectivity index (χ0v) is 5.81. The van der Waals surface area contributed by atoms with Crippen molar-refractivity contribution in [3.05, 3.63) is 11.3 Å². The van der Waals surface area contributed by atoms with E-state index in [0.717, 1.165) is 0 Å². The Morgan fingerprint density at radius 1 is 1.56 bits per heavy atom. The number of aldehydes is 1. The predicted octanol–water partition coefficient (Wildman–Crippen LogP) is 1.30. The molecular formula is C6H10FNO. The van der Waals surface area contributed by atoms with Gasteiger partial charge in [-0.2, -0.15) is 0 Å². The molecule has 0 bridgehead atoms. The zero-order valence-electron chi connectivity index (χ0n) is 5.81. The van der Waals surface area contributed by atoms with Gasteiger partial charge >= 0.3 is 0 Å². The summed E-state index contributed by atoms with van der Waals surface area (Å²) >= 11 is 0. The van der Waals surface area contributed by atoms with Crippen molar-refractivity contribution in [2.24, 2.45) is 0 Å². The fourth-order valence-corrected chi connectivity index (χ4v) is 0.328. The molecule has 0 atom stereocenters. The van der Waals surface area contributed by atoms with Gasteiger partial charge in [0, 0.05) is 18.3 Å². The molecule has 0 aliphatic rings. The minimum atomic E-state index is 0.352. The summed E-state index contributed by atoms with van der Waals surface area (Å²) in [6.07, 6.45) is 0.630.